The molecule has 10 heteroatoms. The van der Waals surface area contributed by atoms with E-state index < -0.39 is 20.0 Å². The Labute approximate surface area is 150 Å². The molecule has 1 aromatic heterocycles. The van der Waals surface area contributed by atoms with E-state index in [4.69, 9.17) is 0 Å². The molecule has 0 amide bonds. The van der Waals surface area contributed by atoms with Crippen LogP contribution in [0.15, 0.2) is 23.2 Å². The van der Waals surface area contributed by atoms with Crippen molar-refractivity contribution in [3.63, 3.8) is 0 Å². The molecule has 0 bridgehead atoms. The second-order valence-corrected chi connectivity index (χ2v) is 9.81. The van der Waals surface area contributed by atoms with Crippen LogP contribution in [0.3, 0.4) is 0 Å². The minimum absolute atomic E-state index is 0.0615. The number of sulfonamides is 2. The van der Waals surface area contributed by atoms with Gasteiger partial charge in [-0.15, -0.1) is 0 Å². The van der Waals surface area contributed by atoms with Gasteiger partial charge in [-0.3, -0.25) is 0 Å². The molecule has 1 aliphatic rings. The standard InChI is InChI=1S/C15H26N4O4S2/c1-4-19(5-2)25(22,23)14-6-7-15(16-12-14)18-10-8-13(9-11-18)17-24(3,20)21/h6-7,12-13,17H,4-5,8-11H2,1-3H3. The number of nitrogens with zero attached hydrogens (tertiary/aromatic N) is 3. The van der Waals surface area contributed by atoms with E-state index in [2.05, 4.69) is 9.71 Å². The minimum atomic E-state index is -3.50. The molecule has 0 saturated carbocycles. The molecule has 1 aliphatic heterocycles. The van der Waals surface area contributed by atoms with Gasteiger partial charge in [-0.2, -0.15) is 4.31 Å². The van der Waals surface area contributed by atoms with Crippen molar-refractivity contribution in [3.8, 4) is 0 Å². The maximum Gasteiger partial charge on any atom is 0.244 e. The molecular weight excluding hydrogens is 364 g/mol. The summed E-state index contributed by atoms with van der Waals surface area (Å²) >= 11 is 0. The average molecular weight is 391 g/mol. The van der Waals surface area contributed by atoms with Crippen LogP contribution in [-0.4, -0.2) is 64.6 Å². The Balaban J connectivity index is 2.04. The van der Waals surface area contributed by atoms with Crippen molar-refractivity contribution < 1.29 is 16.8 Å². The highest BCUT2D eigenvalue weighted by Gasteiger charge is 2.24. The van der Waals surface area contributed by atoms with Gasteiger partial charge in [0.05, 0.1) is 6.26 Å². The van der Waals surface area contributed by atoms with E-state index in [1.807, 2.05) is 4.90 Å². The lowest BCUT2D eigenvalue weighted by atomic mass is 10.1. The van der Waals surface area contributed by atoms with Gasteiger partial charge >= 0.3 is 0 Å². The summed E-state index contributed by atoms with van der Waals surface area (Å²) < 4.78 is 51.5. The van der Waals surface area contributed by atoms with Gasteiger partial charge in [0, 0.05) is 38.4 Å². The van der Waals surface area contributed by atoms with Gasteiger partial charge in [0.2, 0.25) is 20.0 Å². The summed E-state index contributed by atoms with van der Waals surface area (Å²) in [4.78, 5) is 6.53. The first kappa shape index (κ1) is 20.1. The van der Waals surface area contributed by atoms with Crippen molar-refractivity contribution in [1.82, 2.24) is 14.0 Å². The smallest absolute Gasteiger partial charge is 0.244 e. The van der Waals surface area contributed by atoms with Crippen molar-refractivity contribution in [2.45, 2.75) is 37.6 Å². The third-order valence-corrected chi connectivity index (χ3v) is 7.06. The first-order valence-electron chi connectivity index (χ1n) is 8.35. The van der Waals surface area contributed by atoms with E-state index in [1.165, 1.54) is 10.5 Å². The first-order chi connectivity index (χ1) is 11.7. The number of pyridine rings is 1. The van der Waals surface area contributed by atoms with Gasteiger partial charge in [0.15, 0.2) is 0 Å². The summed E-state index contributed by atoms with van der Waals surface area (Å²) in [5, 5.41) is 0. The van der Waals surface area contributed by atoms with Gasteiger partial charge in [0.25, 0.3) is 0 Å². The lowest BCUT2D eigenvalue weighted by Gasteiger charge is -2.32. The van der Waals surface area contributed by atoms with Crippen LogP contribution >= 0.6 is 0 Å². The SMILES string of the molecule is CCN(CC)S(=O)(=O)c1ccc(N2CCC(NS(C)(=O)=O)CC2)nc1. The van der Waals surface area contributed by atoms with Crippen LogP contribution in [0, 0.1) is 0 Å². The molecule has 0 radical (unpaired) electrons. The second kappa shape index (κ2) is 7.98. The normalized spacial score (nSPS) is 17.2. The summed E-state index contributed by atoms with van der Waals surface area (Å²) in [6.07, 6.45) is 3.93. The lowest BCUT2D eigenvalue weighted by Crippen LogP contribution is -2.44. The molecule has 1 aromatic rings. The van der Waals surface area contributed by atoms with Crippen LogP contribution in [0.25, 0.3) is 0 Å². The molecule has 25 heavy (non-hydrogen) atoms. The Morgan fingerprint density at radius 1 is 1.16 bits per heavy atom. The van der Waals surface area contributed by atoms with Gasteiger partial charge in [-0.25, -0.2) is 26.5 Å². The molecule has 0 unspecified atom stereocenters. The highest BCUT2D eigenvalue weighted by molar-refractivity contribution is 7.89. The van der Waals surface area contributed by atoms with E-state index in [-0.39, 0.29) is 10.9 Å². The summed E-state index contributed by atoms with van der Waals surface area (Å²) in [5.41, 5.74) is 0. The highest BCUT2D eigenvalue weighted by Crippen LogP contribution is 2.21. The van der Waals surface area contributed by atoms with Gasteiger partial charge in [-0.05, 0) is 25.0 Å². The van der Waals surface area contributed by atoms with Crippen LogP contribution in [0.4, 0.5) is 5.82 Å². The second-order valence-electron chi connectivity index (χ2n) is 6.09. The predicted octanol–water partition coefficient (Wildman–Crippen LogP) is 0.630. The van der Waals surface area contributed by atoms with Gasteiger partial charge in [-0.1, -0.05) is 13.8 Å². The molecule has 1 fully saturated rings. The fraction of sp³-hybridized carbons (Fsp3) is 0.667. The monoisotopic (exact) mass is 390 g/mol. The summed E-state index contributed by atoms with van der Waals surface area (Å²) in [5.74, 6) is 0.705. The molecule has 8 nitrogen and oxygen atoms in total. The van der Waals surface area contributed by atoms with Gasteiger partial charge in [0.1, 0.15) is 10.7 Å². The van der Waals surface area contributed by atoms with E-state index in [1.54, 1.807) is 26.0 Å². The Bertz CT molecular complexity index is 766. The van der Waals surface area contributed by atoms with Crippen molar-refractivity contribution in [2.24, 2.45) is 0 Å². The zero-order chi connectivity index (χ0) is 18.7. The van der Waals surface area contributed by atoms with Gasteiger partial charge < -0.3 is 4.90 Å². The van der Waals surface area contributed by atoms with Crippen molar-refractivity contribution in [2.75, 3.05) is 37.3 Å². The van der Waals surface area contributed by atoms with E-state index >= 15 is 0 Å². The fourth-order valence-electron chi connectivity index (χ4n) is 2.95. The summed E-state index contributed by atoms with van der Waals surface area (Å²) in [6.45, 7) is 5.78. The Kier molecular flexibility index (Phi) is 6.41. The molecule has 142 valence electrons. The van der Waals surface area contributed by atoms with Crippen LogP contribution in [0.5, 0.6) is 0 Å². The summed E-state index contributed by atoms with van der Waals surface area (Å²) in [6, 6.07) is 3.23. The Morgan fingerprint density at radius 3 is 2.20 bits per heavy atom. The number of aromatic nitrogens is 1. The molecular formula is C15H26N4O4S2. The highest BCUT2D eigenvalue weighted by atomic mass is 32.2. The largest absolute Gasteiger partial charge is 0.357 e. The summed E-state index contributed by atoms with van der Waals surface area (Å²) in [7, 11) is -6.70. The molecule has 0 atom stereocenters. The maximum atomic E-state index is 12.5. The van der Waals surface area contributed by atoms with Crippen LogP contribution < -0.4 is 9.62 Å². The quantitative estimate of drug-likeness (QED) is 0.733. The Hall–Kier alpha value is -1.23. The third-order valence-electron chi connectivity index (χ3n) is 4.26. The number of piperidine rings is 1. The number of hydrogen-bond acceptors (Lipinski definition) is 6. The molecule has 2 rings (SSSR count). The molecule has 2 heterocycles. The van der Waals surface area contributed by atoms with Crippen LogP contribution in [0.1, 0.15) is 26.7 Å². The molecule has 1 saturated heterocycles. The van der Waals surface area contributed by atoms with E-state index in [0.29, 0.717) is 44.8 Å². The molecule has 0 aromatic carbocycles. The molecule has 0 aliphatic carbocycles. The number of hydrogen-bond donors (Lipinski definition) is 1. The van der Waals surface area contributed by atoms with Crippen LogP contribution in [-0.2, 0) is 20.0 Å². The van der Waals surface area contributed by atoms with E-state index in [9.17, 15) is 16.8 Å². The third kappa shape index (κ3) is 5.13. The number of rotatable bonds is 7. The lowest BCUT2D eigenvalue weighted by molar-refractivity contribution is 0.445. The average Bonchev–Trinajstić information content (AvgIpc) is 2.55. The minimum Gasteiger partial charge on any atom is -0.357 e. The first-order valence-corrected chi connectivity index (χ1v) is 11.7. The Morgan fingerprint density at radius 2 is 1.76 bits per heavy atom. The molecule has 1 N–H and O–H groups in total. The van der Waals surface area contributed by atoms with Crippen molar-refractivity contribution >= 4 is 25.9 Å². The maximum absolute atomic E-state index is 12.5. The zero-order valence-corrected chi connectivity index (χ0v) is 16.5. The number of nitrogens with one attached hydrogen (secondary N) is 1. The number of anilines is 1. The zero-order valence-electron chi connectivity index (χ0n) is 14.8. The predicted molar refractivity (Wildman–Crippen MR) is 97.6 cm³/mol. The molecule has 0 spiro atoms. The van der Waals surface area contributed by atoms with Crippen molar-refractivity contribution in [1.29, 1.82) is 0 Å². The topological polar surface area (TPSA) is 99.7 Å². The van der Waals surface area contributed by atoms with E-state index in [0.717, 1.165) is 6.26 Å². The van der Waals surface area contributed by atoms with Crippen LogP contribution in [0.2, 0.25) is 0 Å². The fourth-order valence-corrected chi connectivity index (χ4v) is 5.20. The van der Waals surface area contributed by atoms with Crippen molar-refractivity contribution in [3.05, 3.63) is 18.3 Å².